The van der Waals surface area contributed by atoms with Crippen LogP contribution in [0.4, 0.5) is 0 Å². The number of β-amino-alcohol motifs (C(OH)–C–C–N with tert-alkyl or cyclic N) is 1. The first-order valence-corrected chi connectivity index (χ1v) is 8.88. The fourth-order valence-corrected chi connectivity index (χ4v) is 3.78. The Morgan fingerprint density at radius 2 is 2.00 bits per heavy atom. The number of furan rings is 1. The summed E-state index contributed by atoms with van der Waals surface area (Å²) >= 11 is 0. The second-order valence-electron chi connectivity index (χ2n) is 7.09. The quantitative estimate of drug-likeness (QED) is 0.750. The monoisotopic (exact) mass is 356 g/mol. The van der Waals surface area contributed by atoms with Crippen LogP contribution in [0.3, 0.4) is 0 Å². The molecule has 7 heteroatoms. The van der Waals surface area contributed by atoms with E-state index in [4.69, 9.17) is 8.83 Å². The third-order valence-corrected chi connectivity index (χ3v) is 5.14. The van der Waals surface area contributed by atoms with Crippen molar-refractivity contribution in [3.05, 3.63) is 47.4 Å². The molecule has 1 saturated heterocycles. The number of hydrogen-bond acceptors (Lipinski definition) is 7. The van der Waals surface area contributed by atoms with E-state index in [0.717, 1.165) is 29.8 Å². The Morgan fingerprint density at radius 1 is 1.19 bits per heavy atom. The van der Waals surface area contributed by atoms with Gasteiger partial charge in [0.2, 0.25) is 11.8 Å². The first kappa shape index (κ1) is 17.2. The number of benzene rings is 1. The molecule has 1 aliphatic rings. The molecule has 1 N–H and O–H groups in total. The van der Waals surface area contributed by atoms with Crippen LogP contribution >= 0.6 is 0 Å². The molecule has 2 aromatic heterocycles. The van der Waals surface area contributed by atoms with Gasteiger partial charge in [-0.2, -0.15) is 0 Å². The van der Waals surface area contributed by atoms with Gasteiger partial charge in [0.1, 0.15) is 11.3 Å². The van der Waals surface area contributed by atoms with Crippen molar-refractivity contribution in [2.45, 2.75) is 39.1 Å². The number of likely N-dealkylation sites (tertiary alicyclic amines) is 1. The molecule has 1 unspecified atom stereocenters. The number of aliphatic hydroxyl groups is 1. The smallest absolute Gasteiger partial charge is 0.230 e. The van der Waals surface area contributed by atoms with Gasteiger partial charge >= 0.3 is 0 Å². The summed E-state index contributed by atoms with van der Waals surface area (Å²) in [4.78, 5) is 4.35. The zero-order chi connectivity index (χ0) is 18.3. The highest BCUT2D eigenvalue weighted by molar-refractivity contribution is 5.82. The lowest BCUT2D eigenvalue weighted by Gasteiger charge is -2.25. The molecule has 26 heavy (non-hydrogen) atoms. The van der Waals surface area contributed by atoms with Crippen LogP contribution < -0.4 is 0 Å². The molecular formula is C19H24N4O3. The zero-order valence-electron chi connectivity index (χ0n) is 15.3. The standard InChI is InChI=1S/C19H24N4O3/c1-12-15(14-6-4-5-7-18(14)25-12)8-23-9-16(17(24)10-23)22(3)11-19-21-20-13(2)26-19/h4-7,16-17,24H,8-11H2,1-3H3/t16?,17-/m1/s1. The first-order valence-electron chi connectivity index (χ1n) is 8.88. The van der Waals surface area contributed by atoms with Gasteiger partial charge in [0.05, 0.1) is 12.6 Å². The molecule has 2 atom stereocenters. The summed E-state index contributed by atoms with van der Waals surface area (Å²) in [5.41, 5.74) is 2.11. The van der Waals surface area contributed by atoms with Crippen molar-refractivity contribution in [1.82, 2.24) is 20.0 Å². The van der Waals surface area contributed by atoms with E-state index in [2.05, 4.69) is 26.1 Å². The predicted molar refractivity (Wildman–Crippen MR) is 96.5 cm³/mol. The minimum Gasteiger partial charge on any atom is -0.461 e. The SMILES string of the molecule is Cc1nnc(CN(C)C2CN(Cc3c(C)oc4ccccc34)C[C@H]2O)o1. The van der Waals surface area contributed by atoms with Gasteiger partial charge in [-0.15, -0.1) is 10.2 Å². The third-order valence-electron chi connectivity index (χ3n) is 5.14. The number of nitrogens with zero attached hydrogens (tertiary/aromatic N) is 4. The summed E-state index contributed by atoms with van der Waals surface area (Å²) in [6.07, 6.45) is -0.414. The number of rotatable bonds is 5. The number of aliphatic hydroxyl groups excluding tert-OH is 1. The Hall–Kier alpha value is -2.22. The van der Waals surface area contributed by atoms with Crippen LogP contribution in [0.1, 0.15) is 23.1 Å². The molecule has 3 aromatic rings. The Labute approximate surface area is 152 Å². The molecule has 0 saturated carbocycles. The lowest BCUT2D eigenvalue weighted by atomic mass is 10.1. The second-order valence-corrected chi connectivity index (χ2v) is 7.09. The summed E-state index contributed by atoms with van der Waals surface area (Å²) in [6, 6.07) is 8.13. The van der Waals surface area contributed by atoms with Gasteiger partial charge in [0.15, 0.2) is 0 Å². The minimum atomic E-state index is -0.414. The van der Waals surface area contributed by atoms with Gasteiger partial charge in [-0.3, -0.25) is 9.80 Å². The van der Waals surface area contributed by atoms with Crippen LogP contribution in [-0.2, 0) is 13.1 Å². The zero-order valence-corrected chi connectivity index (χ0v) is 15.3. The highest BCUT2D eigenvalue weighted by atomic mass is 16.4. The maximum atomic E-state index is 10.6. The van der Waals surface area contributed by atoms with Crippen molar-refractivity contribution in [2.75, 3.05) is 20.1 Å². The number of aryl methyl sites for hydroxylation is 2. The lowest BCUT2D eigenvalue weighted by Crippen LogP contribution is -2.40. The van der Waals surface area contributed by atoms with E-state index < -0.39 is 6.10 Å². The fraction of sp³-hybridized carbons (Fsp3) is 0.474. The first-order chi connectivity index (χ1) is 12.5. The van der Waals surface area contributed by atoms with Gasteiger partial charge in [-0.25, -0.2) is 0 Å². The number of aromatic nitrogens is 2. The van der Waals surface area contributed by atoms with Crippen LogP contribution in [0.5, 0.6) is 0 Å². The summed E-state index contributed by atoms with van der Waals surface area (Å²) in [7, 11) is 1.98. The molecule has 3 heterocycles. The topological polar surface area (TPSA) is 78.8 Å². The maximum absolute atomic E-state index is 10.6. The normalized spacial score (nSPS) is 21.3. The predicted octanol–water partition coefficient (Wildman–Crippen LogP) is 2.11. The van der Waals surface area contributed by atoms with E-state index >= 15 is 0 Å². The Balaban J connectivity index is 1.45. The molecule has 4 rings (SSSR count). The number of likely N-dealkylation sites (N-methyl/N-ethyl adjacent to an activating group) is 1. The van der Waals surface area contributed by atoms with E-state index in [1.54, 1.807) is 6.92 Å². The van der Waals surface area contributed by atoms with Crippen molar-refractivity contribution >= 4 is 11.0 Å². The highest BCUT2D eigenvalue weighted by Crippen LogP contribution is 2.28. The molecule has 0 radical (unpaired) electrons. The largest absolute Gasteiger partial charge is 0.461 e. The van der Waals surface area contributed by atoms with Gasteiger partial charge < -0.3 is 13.9 Å². The Kier molecular flexibility index (Phi) is 4.52. The molecule has 7 nitrogen and oxygen atoms in total. The van der Waals surface area contributed by atoms with E-state index in [1.165, 1.54) is 5.56 Å². The number of hydrogen-bond donors (Lipinski definition) is 1. The summed E-state index contributed by atoms with van der Waals surface area (Å²) < 4.78 is 11.3. The van der Waals surface area contributed by atoms with E-state index in [1.807, 2.05) is 32.2 Å². The average molecular weight is 356 g/mol. The average Bonchev–Trinajstić information content (AvgIpc) is 3.26. The lowest BCUT2D eigenvalue weighted by molar-refractivity contribution is 0.0899. The van der Waals surface area contributed by atoms with Gasteiger partial charge in [-0.05, 0) is 20.0 Å². The van der Waals surface area contributed by atoms with E-state index in [-0.39, 0.29) is 6.04 Å². The summed E-state index contributed by atoms with van der Waals surface area (Å²) in [6.45, 7) is 6.50. The van der Waals surface area contributed by atoms with Gasteiger partial charge in [0.25, 0.3) is 0 Å². The van der Waals surface area contributed by atoms with Crippen LogP contribution in [0, 0.1) is 13.8 Å². The van der Waals surface area contributed by atoms with E-state index in [0.29, 0.717) is 24.9 Å². The van der Waals surface area contributed by atoms with E-state index in [9.17, 15) is 5.11 Å². The Bertz CT molecular complexity index is 903. The molecular weight excluding hydrogens is 332 g/mol. The molecule has 0 spiro atoms. The molecule has 0 aliphatic carbocycles. The van der Waals surface area contributed by atoms with Crippen molar-refractivity contribution in [1.29, 1.82) is 0 Å². The summed E-state index contributed by atoms with van der Waals surface area (Å²) in [5.74, 6) is 2.08. The molecule has 0 amide bonds. The second kappa shape index (κ2) is 6.83. The van der Waals surface area contributed by atoms with Crippen LogP contribution in [0.15, 0.2) is 33.1 Å². The van der Waals surface area contributed by atoms with Crippen LogP contribution in [0.25, 0.3) is 11.0 Å². The van der Waals surface area contributed by atoms with Crippen LogP contribution in [-0.4, -0.2) is 57.4 Å². The molecule has 138 valence electrons. The molecule has 1 aromatic carbocycles. The fourth-order valence-electron chi connectivity index (χ4n) is 3.78. The van der Waals surface area contributed by atoms with Crippen molar-refractivity contribution in [3.63, 3.8) is 0 Å². The van der Waals surface area contributed by atoms with Crippen molar-refractivity contribution < 1.29 is 13.9 Å². The van der Waals surface area contributed by atoms with Crippen LogP contribution in [0.2, 0.25) is 0 Å². The maximum Gasteiger partial charge on any atom is 0.230 e. The minimum absolute atomic E-state index is 0.0284. The highest BCUT2D eigenvalue weighted by Gasteiger charge is 2.35. The van der Waals surface area contributed by atoms with Gasteiger partial charge in [0, 0.05) is 43.5 Å². The number of para-hydroxylation sites is 1. The third kappa shape index (κ3) is 3.25. The molecule has 1 fully saturated rings. The van der Waals surface area contributed by atoms with Crippen molar-refractivity contribution in [3.8, 4) is 0 Å². The molecule has 0 bridgehead atoms. The summed E-state index contributed by atoms with van der Waals surface area (Å²) in [5, 5.41) is 19.6. The van der Waals surface area contributed by atoms with Gasteiger partial charge in [-0.1, -0.05) is 18.2 Å². The van der Waals surface area contributed by atoms with Crippen molar-refractivity contribution in [2.24, 2.45) is 0 Å². The Morgan fingerprint density at radius 3 is 2.77 bits per heavy atom. The number of fused-ring (bicyclic) bond motifs is 1. The molecule has 1 aliphatic heterocycles.